The third kappa shape index (κ3) is 3.20. The topological polar surface area (TPSA) is 45.6 Å². The monoisotopic (exact) mass is 379 g/mol. The van der Waals surface area contributed by atoms with E-state index >= 15 is 0 Å². The minimum absolute atomic E-state index is 0.166. The molecule has 0 saturated carbocycles. The highest BCUT2D eigenvalue weighted by Gasteiger charge is 2.15. The summed E-state index contributed by atoms with van der Waals surface area (Å²) in [6.45, 7) is 1.48. The molecule has 3 aromatic rings. The summed E-state index contributed by atoms with van der Waals surface area (Å²) in [5, 5.41) is 8.13. The lowest BCUT2D eigenvalue weighted by Crippen LogP contribution is -2.22. The van der Waals surface area contributed by atoms with E-state index in [2.05, 4.69) is 26.0 Å². The van der Waals surface area contributed by atoms with Crippen LogP contribution >= 0.6 is 38.6 Å². The number of aromatic nitrogens is 1. The Morgan fingerprint density at radius 1 is 1.43 bits per heavy atom. The molecule has 3 rings (SSSR count). The summed E-state index contributed by atoms with van der Waals surface area (Å²) in [7, 11) is 0. The Bertz CT molecular complexity index is 811. The Labute approximate surface area is 137 Å². The highest BCUT2D eigenvalue weighted by atomic mass is 79.9. The quantitative estimate of drug-likeness (QED) is 0.496. The number of hydrogen-bond acceptors (Lipinski definition) is 5. The Balaban J connectivity index is 1.97. The number of thiazole rings is 1. The second kappa shape index (κ2) is 6.05. The molecule has 0 radical (unpaired) electrons. The summed E-state index contributed by atoms with van der Waals surface area (Å²) >= 11 is 6.44. The zero-order chi connectivity index (χ0) is 14.8. The molecule has 2 aromatic heterocycles. The van der Waals surface area contributed by atoms with Gasteiger partial charge in [0.15, 0.2) is 0 Å². The Morgan fingerprint density at radius 3 is 3.00 bits per heavy atom. The van der Waals surface area contributed by atoms with Gasteiger partial charge in [-0.05, 0) is 29.6 Å². The van der Waals surface area contributed by atoms with E-state index in [0.29, 0.717) is 5.13 Å². The first kappa shape index (κ1) is 14.4. The third-order valence-electron chi connectivity index (χ3n) is 2.66. The van der Waals surface area contributed by atoms with E-state index in [9.17, 15) is 4.79 Å². The van der Waals surface area contributed by atoms with Crippen LogP contribution in [0.15, 0.2) is 45.3 Å². The van der Waals surface area contributed by atoms with Crippen LogP contribution in [0.2, 0.25) is 0 Å². The molecule has 21 heavy (non-hydrogen) atoms. The summed E-state index contributed by atoms with van der Waals surface area (Å²) in [5.74, 6) is -0.166. The van der Waals surface area contributed by atoms with Crippen LogP contribution < -0.4 is 5.01 Å². The maximum absolute atomic E-state index is 11.8. The van der Waals surface area contributed by atoms with Crippen molar-refractivity contribution in [3.8, 4) is 0 Å². The van der Waals surface area contributed by atoms with Gasteiger partial charge in [0.05, 0.1) is 16.4 Å². The number of carbonyl (C=O) groups excluding carboxylic acids is 1. The zero-order valence-corrected chi connectivity index (χ0v) is 14.2. The van der Waals surface area contributed by atoms with E-state index in [0.717, 1.165) is 19.6 Å². The average Bonchev–Trinajstić information content (AvgIpc) is 3.07. The summed E-state index contributed by atoms with van der Waals surface area (Å²) in [5.41, 5.74) is 0.857. The van der Waals surface area contributed by atoms with Gasteiger partial charge in [0.2, 0.25) is 11.0 Å². The van der Waals surface area contributed by atoms with Crippen LogP contribution in [0.25, 0.3) is 10.2 Å². The van der Waals surface area contributed by atoms with Crippen LogP contribution in [-0.2, 0) is 4.79 Å². The molecule has 0 spiro atoms. The van der Waals surface area contributed by atoms with Crippen LogP contribution in [0.4, 0.5) is 5.13 Å². The largest absolute Gasteiger partial charge is 0.273 e. The maximum Gasteiger partial charge on any atom is 0.246 e. The van der Waals surface area contributed by atoms with Crippen molar-refractivity contribution in [1.82, 2.24) is 4.98 Å². The molecule has 7 heteroatoms. The number of carbonyl (C=O) groups is 1. The molecule has 2 heterocycles. The Kier molecular flexibility index (Phi) is 4.14. The van der Waals surface area contributed by atoms with Crippen molar-refractivity contribution in [2.75, 3.05) is 5.01 Å². The number of thiophene rings is 1. The van der Waals surface area contributed by atoms with Crippen molar-refractivity contribution < 1.29 is 4.79 Å². The molecule has 0 bridgehead atoms. The van der Waals surface area contributed by atoms with Crippen molar-refractivity contribution in [1.29, 1.82) is 0 Å². The molecule has 0 aliphatic heterocycles. The molecule has 0 saturated heterocycles. The number of hydrogen-bond donors (Lipinski definition) is 0. The average molecular weight is 380 g/mol. The van der Waals surface area contributed by atoms with Crippen molar-refractivity contribution in [3.05, 3.63) is 45.1 Å². The number of halogens is 1. The van der Waals surface area contributed by atoms with Gasteiger partial charge >= 0.3 is 0 Å². The highest BCUT2D eigenvalue weighted by molar-refractivity contribution is 9.10. The minimum Gasteiger partial charge on any atom is -0.273 e. The second-order valence-corrected chi connectivity index (χ2v) is 7.10. The molecular formula is C14H10BrN3OS2. The van der Waals surface area contributed by atoms with Gasteiger partial charge in [0.25, 0.3) is 0 Å². The molecule has 0 fully saturated rings. The van der Waals surface area contributed by atoms with Gasteiger partial charge in [-0.3, -0.25) is 4.79 Å². The van der Waals surface area contributed by atoms with Crippen LogP contribution in [0.1, 0.15) is 11.8 Å². The zero-order valence-electron chi connectivity index (χ0n) is 11.0. The van der Waals surface area contributed by atoms with E-state index in [-0.39, 0.29) is 5.91 Å². The number of amides is 1. The molecule has 0 aliphatic carbocycles. The fourth-order valence-electron chi connectivity index (χ4n) is 1.72. The number of fused-ring (bicyclic) bond motifs is 1. The molecule has 0 unspecified atom stereocenters. The van der Waals surface area contributed by atoms with E-state index in [4.69, 9.17) is 0 Å². The molecule has 1 amide bonds. The first-order chi connectivity index (χ1) is 10.1. The van der Waals surface area contributed by atoms with E-state index in [1.807, 2.05) is 35.7 Å². The van der Waals surface area contributed by atoms with Gasteiger partial charge in [-0.25, -0.2) is 4.98 Å². The minimum atomic E-state index is -0.166. The van der Waals surface area contributed by atoms with Gasteiger partial charge in [-0.1, -0.05) is 33.3 Å². The van der Waals surface area contributed by atoms with E-state index in [1.54, 1.807) is 17.6 Å². The summed E-state index contributed by atoms with van der Waals surface area (Å²) in [6, 6.07) is 9.72. The molecule has 0 aliphatic rings. The maximum atomic E-state index is 11.8. The first-order valence-corrected chi connectivity index (χ1v) is 8.57. The van der Waals surface area contributed by atoms with Gasteiger partial charge in [-0.2, -0.15) is 10.1 Å². The molecule has 1 aromatic carbocycles. The van der Waals surface area contributed by atoms with Crippen LogP contribution in [0, 0.1) is 0 Å². The normalized spacial score (nSPS) is 11.3. The van der Waals surface area contributed by atoms with Gasteiger partial charge in [0, 0.05) is 16.3 Å². The Hall–Kier alpha value is -1.57. The van der Waals surface area contributed by atoms with Gasteiger partial charge in [-0.15, -0.1) is 11.3 Å². The standard InChI is InChI=1S/C14H10BrN3OS2/c1-9(19)18(16-8-11-3-2-6-20-11)14-17-12-5-4-10(15)7-13(12)21-14/h2-8H,1H3/b16-8+. The van der Waals surface area contributed by atoms with Crippen molar-refractivity contribution >= 4 is 66.1 Å². The van der Waals surface area contributed by atoms with Crippen molar-refractivity contribution in [3.63, 3.8) is 0 Å². The number of nitrogens with zero attached hydrogens (tertiary/aromatic N) is 3. The summed E-state index contributed by atoms with van der Waals surface area (Å²) < 4.78 is 2.00. The molecule has 106 valence electrons. The molecule has 0 N–H and O–H groups in total. The predicted octanol–water partition coefficient (Wildman–Crippen LogP) is 4.51. The number of hydrazone groups is 1. The van der Waals surface area contributed by atoms with Gasteiger partial charge < -0.3 is 0 Å². The fraction of sp³-hybridized carbons (Fsp3) is 0.0714. The first-order valence-electron chi connectivity index (χ1n) is 6.08. The fourth-order valence-corrected chi connectivity index (χ4v) is 3.82. The number of anilines is 1. The smallest absolute Gasteiger partial charge is 0.246 e. The molecule has 4 nitrogen and oxygen atoms in total. The SMILES string of the molecule is CC(=O)N(/N=C/c1cccs1)c1nc2ccc(Br)cc2s1. The van der Waals surface area contributed by atoms with E-state index in [1.165, 1.54) is 23.3 Å². The van der Waals surface area contributed by atoms with Crippen molar-refractivity contribution in [2.24, 2.45) is 5.10 Å². The summed E-state index contributed by atoms with van der Waals surface area (Å²) in [6.07, 6.45) is 1.67. The van der Waals surface area contributed by atoms with Crippen LogP contribution in [-0.4, -0.2) is 17.1 Å². The van der Waals surface area contributed by atoms with Crippen LogP contribution in [0.5, 0.6) is 0 Å². The molecular weight excluding hydrogens is 370 g/mol. The van der Waals surface area contributed by atoms with Gasteiger partial charge in [0.1, 0.15) is 0 Å². The number of benzene rings is 1. The predicted molar refractivity (Wildman–Crippen MR) is 92.4 cm³/mol. The van der Waals surface area contributed by atoms with Crippen molar-refractivity contribution in [2.45, 2.75) is 6.92 Å². The summed E-state index contributed by atoms with van der Waals surface area (Å²) in [4.78, 5) is 17.3. The molecule has 0 atom stereocenters. The Morgan fingerprint density at radius 2 is 2.29 bits per heavy atom. The highest BCUT2D eigenvalue weighted by Crippen LogP contribution is 2.31. The second-order valence-electron chi connectivity index (χ2n) is 4.20. The lowest BCUT2D eigenvalue weighted by Gasteiger charge is -2.09. The van der Waals surface area contributed by atoms with E-state index < -0.39 is 0 Å². The number of rotatable bonds is 3. The van der Waals surface area contributed by atoms with Crippen LogP contribution in [0.3, 0.4) is 0 Å². The third-order valence-corrected chi connectivity index (χ3v) is 4.96. The lowest BCUT2D eigenvalue weighted by atomic mass is 10.3. The lowest BCUT2D eigenvalue weighted by molar-refractivity contribution is -0.116.